The maximum absolute atomic E-state index is 11.5. The molecule has 0 heterocycles. The van der Waals surface area contributed by atoms with Gasteiger partial charge in [0.1, 0.15) is 5.75 Å². The Bertz CT molecular complexity index is 369. The molecule has 1 aromatic carbocycles. The van der Waals surface area contributed by atoms with Crippen LogP contribution < -0.4 is 15.4 Å². The van der Waals surface area contributed by atoms with Gasteiger partial charge in [-0.15, -0.1) is 12.4 Å². The highest BCUT2D eigenvalue weighted by atomic mass is 35.5. The van der Waals surface area contributed by atoms with Crippen LogP contribution in [0, 0.1) is 0 Å². The van der Waals surface area contributed by atoms with Crippen molar-refractivity contribution in [1.29, 1.82) is 0 Å². The molecule has 0 aromatic heterocycles. The number of carbonyl (C=O) groups is 1. The van der Waals surface area contributed by atoms with Gasteiger partial charge in [0.15, 0.2) is 0 Å². The normalized spacial score (nSPS) is 9.70. The van der Waals surface area contributed by atoms with Gasteiger partial charge < -0.3 is 15.4 Å². The Balaban J connectivity index is 0.00000361. The number of hydrogen-bond donors (Lipinski definition) is 2. The molecule has 0 fully saturated rings. The fourth-order valence-electron chi connectivity index (χ4n) is 1.83. The predicted octanol–water partition coefficient (Wildman–Crippen LogP) is 2.17. The average molecular weight is 301 g/mol. The van der Waals surface area contributed by atoms with Crippen LogP contribution in [-0.2, 0) is 11.2 Å². The minimum Gasteiger partial charge on any atom is -0.497 e. The van der Waals surface area contributed by atoms with E-state index in [-0.39, 0.29) is 18.3 Å². The summed E-state index contributed by atoms with van der Waals surface area (Å²) >= 11 is 0. The minimum absolute atomic E-state index is 0. The second-order valence-electron chi connectivity index (χ2n) is 4.51. The van der Waals surface area contributed by atoms with Crippen molar-refractivity contribution in [2.75, 3.05) is 27.2 Å². The Kier molecular flexibility index (Phi) is 10.8. The molecule has 0 radical (unpaired) electrons. The maximum Gasteiger partial charge on any atom is 0.220 e. The molecular formula is C15H25ClN2O2. The number of rotatable bonds is 9. The lowest BCUT2D eigenvalue weighted by Gasteiger charge is -2.05. The molecule has 114 valence electrons. The number of ether oxygens (including phenoxy) is 1. The molecule has 1 amide bonds. The summed E-state index contributed by atoms with van der Waals surface area (Å²) in [6.45, 7) is 1.69. The van der Waals surface area contributed by atoms with Crippen LogP contribution in [0.15, 0.2) is 24.3 Å². The van der Waals surface area contributed by atoms with Gasteiger partial charge in [-0.1, -0.05) is 12.1 Å². The summed E-state index contributed by atoms with van der Waals surface area (Å²) in [7, 11) is 3.57. The van der Waals surface area contributed by atoms with E-state index in [9.17, 15) is 4.79 Å². The number of halogens is 1. The first-order valence-corrected chi connectivity index (χ1v) is 6.80. The topological polar surface area (TPSA) is 50.4 Å². The lowest BCUT2D eigenvalue weighted by molar-refractivity contribution is -0.121. The average Bonchev–Trinajstić information content (AvgIpc) is 2.44. The van der Waals surface area contributed by atoms with Crippen LogP contribution in [0.5, 0.6) is 5.75 Å². The predicted molar refractivity (Wildman–Crippen MR) is 84.7 cm³/mol. The second kappa shape index (κ2) is 11.6. The van der Waals surface area contributed by atoms with Gasteiger partial charge in [0, 0.05) is 13.0 Å². The van der Waals surface area contributed by atoms with Crippen LogP contribution in [-0.4, -0.2) is 33.2 Å². The highest BCUT2D eigenvalue weighted by molar-refractivity contribution is 5.85. The Hall–Kier alpha value is -1.26. The molecule has 1 rings (SSSR count). The van der Waals surface area contributed by atoms with E-state index in [1.54, 1.807) is 7.11 Å². The van der Waals surface area contributed by atoms with Crippen molar-refractivity contribution in [3.05, 3.63) is 29.8 Å². The van der Waals surface area contributed by atoms with Crippen molar-refractivity contribution >= 4 is 18.3 Å². The van der Waals surface area contributed by atoms with Gasteiger partial charge in [0.05, 0.1) is 7.11 Å². The van der Waals surface area contributed by atoms with Gasteiger partial charge >= 0.3 is 0 Å². The Labute approximate surface area is 127 Å². The van der Waals surface area contributed by atoms with E-state index >= 15 is 0 Å². The molecule has 0 aliphatic rings. The SMILES string of the molecule is CNCCCNC(=O)CCCc1ccc(OC)cc1.Cl. The van der Waals surface area contributed by atoms with E-state index in [0.29, 0.717) is 6.42 Å². The minimum atomic E-state index is 0. The van der Waals surface area contributed by atoms with E-state index in [4.69, 9.17) is 4.74 Å². The summed E-state index contributed by atoms with van der Waals surface area (Å²) in [5, 5.41) is 5.98. The third-order valence-corrected chi connectivity index (χ3v) is 2.95. The first-order chi connectivity index (χ1) is 9.26. The van der Waals surface area contributed by atoms with E-state index < -0.39 is 0 Å². The summed E-state index contributed by atoms with van der Waals surface area (Å²) in [4.78, 5) is 11.5. The number of amides is 1. The van der Waals surface area contributed by atoms with Gasteiger partial charge in [-0.2, -0.15) is 0 Å². The van der Waals surface area contributed by atoms with Crippen LogP contribution in [0.1, 0.15) is 24.8 Å². The molecule has 0 unspecified atom stereocenters. The van der Waals surface area contributed by atoms with Gasteiger partial charge in [-0.25, -0.2) is 0 Å². The molecule has 0 saturated heterocycles. The smallest absolute Gasteiger partial charge is 0.220 e. The van der Waals surface area contributed by atoms with Crippen molar-refractivity contribution < 1.29 is 9.53 Å². The lowest BCUT2D eigenvalue weighted by Crippen LogP contribution is -2.26. The van der Waals surface area contributed by atoms with E-state index in [0.717, 1.165) is 38.1 Å². The largest absolute Gasteiger partial charge is 0.497 e. The first kappa shape index (κ1) is 18.7. The number of hydrogen-bond acceptors (Lipinski definition) is 3. The van der Waals surface area contributed by atoms with Crippen LogP contribution in [0.2, 0.25) is 0 Å². The van der Waals surface area contributed by atoms with Crippen LogP contribution in [0.4, 0.5) is 0 Å². The third-order valence-electron chi connectivity index (χ3n) is 2.95. The quantitative estimate of drug-likeness (QED) is 0.687. The number of benzene rings is 1. The highest BCUT2D eigenvalue weighted by Gasteiger charge is 2.01. The van der Waals surface area contributed by atoms with E-state index in [1.165, 1.54) is 5.56 Å². The number of carbonyl (C=O) groups excluding carboxylic acids is 1. The molecule has 0 spiro atoms. The summed E-state index contributed by atoms with van der Waals surface area (Å²) in [5.74, 6) is 1.01. The Morgan fingerprint density at radius 2 is 1.85 bits per heavy atom. The van der Waals surface area contributed by atoms with E-state index in [2.05, 4.69) is 10.6 Å². The van der Waals surface area contributed by atoms with Gasteiger partial charge in [0.2, 0.25) is 5.91 Å². The maximum atomic E-state index is 11.5. The molecule has 4 nitrogen and oxygen atoms in total. The standard InChI is InChI=1S/C15H24N2O2.ClH/c1-16-11-4-12-17-15(18)6-3-5-13-7-9-14(19-2)10-8-13;/h7-10,16H,3-6,11-12H2,1-2H3,(H,17,18);1H. The summed E-state index contributed by atoms with van der Waals surface area (Å²) in [6.07, 6.45) is 3.37. The van der Waals surface area contributed by atoms with Crippen molar-refractivity contribution in [3.63, 3.8) is 0 Å². The molecule has 5 heteroatoms. The van der Waals surface area contributed by atoms with E-state index in [1.807, 2.05) is 31.3 Å². The van der Waals surface area contributed by atoms with Crippen molar-refractivity contribution in [3.8, 4) is 5.75 Å². The highest BCUT2D eigenvalue weighted by Crippen LogP contribution is 2.13. The zero-order valence-electron chi connectivity index (χ0n) is 12.3. The van der Waals surface area contributed by atoms with Gasteiger partial charge in [-0.3, -0.25) is 4.79 Å². The molecule has 1 aromatic rings. The van der Waals surface area contributed by atoms with Gasteiger partial charge in [-0.05, 0) is 50.6 Å². The van der Waals surface area contributed by atoms with Crippen molar-refractivity contribution in [2.45, 2.75) is 25.7 Å². The zero-order valence-corrected chi connectivity index (χ0v) is 13.1. The lowest BCUT2D eigenvalue weighted by atomic mass is 10.1. The van der Waals surface area contributed by atoms with Gasteiger partial charge in [0.25, 0.3) is 0 Å². The number of aryl methyl sites for hydroxylation is 1. The monoisotopic (exact) mass is 300 g/mol. The summed E-state index contributed by atoms with van der Waals surface area (Å²) < 4.78 is 5.11. The molecule has 0 atom stereocenters. The zero-order chi connectivity index (χ0) is 13.9. The summed E-state index contributed by atoms with van der Waals surface area (Å²) in [6, 6.07) is 7.99. The van der Waals surface area contributed by atoms with Crippen LogP contribution in [0.25, 0.3) is 0 Å². The fraction of sp³-hybridized carbons (Fsp3) is 0.533. The molecular weight excluding hydrogens is 276 g/mol. The van der Waals surface area contributed by atoms with Crippen LogP contribution >= 0.6 is 12.4 Å². The Morgan fingerprint density at radius 3 is 2.45 bits per heavy atom. The van der Waals surface area contributed by atoms with Crippen molar-refractivity contribution in [1.82, 2.24) is 10.6 Å². The molecule has 0 saturated carbocycles. The molecule has 0 bridgehead atoms. The number of methoxy groups -OCH3 is 1. The Morgan fingerprint density at radius 1 is 1.15 bits per heavy atom. The number of nitrogens with one attached hydrogen (secondary N) is 2. The second-order valence-corrected chi connectivity index (χ2v) is 4.51. The molecule has 0 aliphatic heterocycles. The van der Waals surface area contributed by atoms with Crippen LogP contribution in [0.3, 0.4) is 0 Å². The molecule has 0 aliphatic carbocycles. The van der Waals surface area contributed by atoms with Crippen molar-refractivity contribution in [2.24, 2.45) is 0 Å². The first-order valence-electron chi connectivity index (χ1n) is 6.80. The summed E-state index contributed by atoms with van der Waals surface area (Å²) in [5.41, 5.74) is 1.24. The molecule has 20 heavy (non-hydrogen) atoms. The fourth-order valence-corrected chi connectivity index (χ4v) is 1.83. The molecule has 2 N–H and O–H groups in total. The third kappa shape index (κ3) is 8.02.